The molecule has 4 N–H and O–H groups in total. The number of phosphoric ester groups is 1. The highest BCUT2D eigenvalue weighted by Crippen LogP contribution is 2.47. The largest absolute Gasteiger partial charge is 0.469 e. The van der Waals surface area contributed by atoms with Gasteiger partial charge in [0, 0.05) is 11.4 Å². The quantitative estimate of drug-likeness (QED) is 0.687. The molecule has 0 unspecified atom stereocenters. The SMILES string of the molecule is C[C@H]1C[C@@H](COP(=O)(O)O)S[C@H]1n1ccc(N)nc1=O. The van der Waals surface area contributed by atoms with Gasteiger partial charge in [0.1, 0.15) is 5.82 Å². The van der Waals surface area contributed by atoms with Crippen LogP contribution in [0.2, 0.25) is 0 Å². The number of nitrogens with two attached hydrogens (primary N) is 1. The van der Waals surface area contributed by atoms with Crippen LogP contribution >= 0.6 is 19.6 Å². The second kappa shape index (κ2) is 5.87. The molecule has 112 valence electrons. The normalized spacial score (nSPS) is 26.9. The van der Waals surface area contributed by atoms with Crippen LogP contribution in [0, 0.1) is 5.92 Å². The molecule has 2 rings (SSSR count). The van der Waals surface area contributed by atoms with E-state index in [4.69, 9.17) is 15.5 Å². The highest BCUT2D eigenvalue weighted by molar-refractivity contribution is 8.00. The average molecular weight is 321 g/mol. The van der Waals surface area contributed by atoms with Gasteiger partial charge in [0.25, 0.3) is 0 Å². The van der Waals surface area contributed by atoms with Crippen LogP contribution in [0.1, 0.15) is 18.7 Å². The third-order valence-electron chi connectivity index (χ3n) is 3.01. The van der Waals surface area contributed by atoms with E-state index in [1.807, 2.05) is 6.92 Å². The van der Waals surface area contributed by atoms with Gasteiger partial charge in [-0.15, -0.1) is 11.8 Å². The van der Waals surface area contributed by atoms with Gasteiger partial charge in [-0.1, -0.05) is 6.92 Å². The molecule has 0 aromatic carbocycles. The molecular formula is C10H16N3O5PS. The van der Waals surface area contributed by atoms with E-state index in [2.05, 4.69) is 9.51 Å². The Balaban J connectivity index is 2.07. The zero-order chi connectivity index (χ0) is 14.9. The first kappa shape index (κ1) is 15.5. The Bertz CT molecular complexity index is 589. The number of phosphoric acid groups is 1. The van der Waals surface area contributed by atoms with Crippen molar-refractivity contribution in [2.45, 2.75) is 24.0 Å². The molecule has 10 heteroatoms. The molecule has 0 bridgehead atoms. The molecule has 0 amide bonds. The Labute approximate surface area is 119 Å². The standard InChI is InChI=1S/C10H16N3O5PS/c1-6-4-7(5-18-19(15,16)17)20-9(6)13-3-2-8(11)12-10(13)14/h2-3,6-7,9H,4-5H2,1H3,(H2,11,12,14)(H2,15,16,17)/t6-,7-,9+/m0/s1. The van der Waals surface area contributed by atoms with Crippen LogP contribution < -0.4 is 11.4 Å². The third-order valence-corrected chi connectivity index (χ3v) is 5.18. The van der Waals surface area contributed by atoms with Crippen molar-refractivity contribution in [2.24, 2.45) is 5.92 Å². The number of hydrogen-bond acceptors (Lipinski definition) is 6. The summed E-state index contributed by atoms with van der Waals surface area (Å²) in [5.74, 6) is 0.330. The summed E-state index contributed by atoms with van der Waals surface area (Å²) in [5, 5.41) is -0.215. The van der Waals surface area contributed by atoms with Gasteiger partial charge < -0.3 is 15.5 Å². The zero-order valence-electron chi connectivity index (χ0n) is 10.7. The fourth-order valence-electron chi connectivity index (χ4n) is 2.16. The molecule has 1 aromatic heterocycles. The van der Waals surface area contributed by atoms with Crippen molar-refractivity contribution in [3.05, 3.63) is 22.7 Å². The van der Waals surface area contributed by atoms with E-state index in [1.54, 1.807) is 12.3 Å². The smallest absolute Gasteiger partial charge is 0.383 e. The van der Waals surface area contributed by atoms with Crippen molar-refractivity contribution in [3.63, 3.8) is 0 Å². The van der Waals surface area contributed by atoms with Crippen LogP contribution in [-0.4, -0.2) is 31.2 Å². The lowest BCUT2D eigenvalue weighted by atomic mass is 10.1. The summed E-state index contributed by atoms with van der Waals surface area (Å²) >= 11 is 1.45. The summed E-state index contributed by atoms with van der Waals surface area (Å²) in [6.07, 6.45) is 2.29. The van der Waals surface area contributed by atoms with Gasteiger partial charge in [0.2, 0.25) is 0 Å². The fraction of sp³-hybridized carbons (Fsp3) is 0.600. The molecule has 3 atom stereocenters. The highest BCUT2D eigenvalue weighted by atomic mass is 32.2. The Kier molecular flexibility index (Phi) is 4.55. The number of nitrogen functional groups attached to an aromatic ring is 1. The molecular weight excluding hydrogens is 305 g/mol. The predicted molar refractivity (Wildman–Crippen MR) is 75.1 cm³/mol. The van der Waals surface area contributed by atoms with E-state index in [1.165, 1.54) is 16.3 Å². The van der Waals surface area contributed by atoms with Crippen LogP contribution in [0.25, 0.3) is 0 Å². The molecule has 8 nitrogen and oxygen atoms in total. The summed E-state index contributed by atoms with van der Waals surface area (Å²) in [6.45, 7) is 1.92. The molecule has 1 aromatic rings. The Morgan fingerprint density at radius 1 is 1.65 bits per heavy atom. The third kappa shape index (κ3) is 3.83. The maximum absolute atomic E-state index is 11.8. The molecule has 0 aliphatic carbocycles. The zero-order valence-corrected chi connectivity index (χ0v) is 12.5. The van der Waals surface area contributed by atoms with Crippen molar-refractivity contribution in [1.29, 1.82) is 0 Å². The van der Waals surface area contributed by atoms with E-state index in [9.17, 15) is 9.36 Å². The van der Waals surface area contributed by atoms with Crippen molar-refractivity contribution >= 4 is 25.4 Å². The number of thioether (sulfide) groups is 1. The monoisotopic (exact) mass is 321 g/mol. The predicted octanol–water partition coefficient (Wildman–Crippen LogP) is 0.575. The fourth-order valence-corrected chi connectivity index (χ4v) is 4.27. The van der Waals surface area contributed by atoms with Crippen LogP contribution in [-0.2, 0) is 9.09 Å². The molecule has 0 radical (unpaired) electrons. The first-order chi connectivity index (χ1) is 9.26. The highest BCUT2D eigenvalue weighted by Gasteiger charge is 2.35. The number of anilines is 1. The summed E-state index contributed by atoms with van der Waals surface area (Å²) < 4.78 is 16.7. The van der Waals surface area contributed by atoms with Gasteiger partial charge in [-0.2, -0.15) is 4.98 Å². The summed E-state index contributed by atoms with van der Waals surface area (Å²) in [5.41, 5.74) is 5.02. The average Bonchev–Trinajstić information content (AvgIpc) is 2.67. The maximum Gasteiger partial charge on any atom is 0.469 e. The van der Waals surface area contributed by atoms with E-state index < -0.39 is 13.5 Å². The lowest BCUT2D eigenvalue weighted by Gasteiger charge is -2.17. The molecule has 20 heavy (non-hydrogen) atoms. The van der Waals surface area contributed by atoms with Gasteiger partial charge in [-0.25, -0.2) is 9.36 Å². The van der Waals surface area contributed by atoms with Crippen LogP contribution in [0.15, 0.2) is 17.1 Å². The van der Waals surface area contributed by atoms with Crippen molar-refractivity contribution in [1.82, 2.24) is 9.55 Å². The Hall–Kier alpha value is -0.860. The first-order valence-corrected chi connectivity index (χ1v) is 8.44. The number of nitrogens with zero attached hydrogens (tertiary/aromatic N) is 2. The Morgan fingerprint density at radius 3 is 2.95 bits per heavy atom. The number of hydrogen-bond donors (Lipinski definition) is 3. The van der Waals surface area contributed by atoms with Gasteiger partial charge in [0.05, 0.1) is 12.0 Å². The molecule has 0 saturated carbocycles. The van der Waals surface area contributed by atoms with Crippen LogP contribution in [0.3, 0.4) is 0 Å². The lowest BCUT2D eigenvalue weighted by molar-refractivity contribution is 0.195. The summed E-state index contributed by atoms with van der Waals surface area (Å²) in [6, 6.07) is 1.55. The minimum atomic E-state index is -4.46. The molecule has 2 heterocycles. The summed E-state index contributed by atoms with van der Waals surface area (Å²) in [7, 11) is -4.46. The minimum Gasteiger partial charge on any atom is -0.383 e. The second-order valence-corrected chi connectivity index (χ2v) is 7.35. The van der Waals surface area contributed by atoms with Crippen LogP contribution in [0.5, 0.6) is 0 Å². The van der Waals surface area contributed by atoms with Gasteiger partial charge in [-0.05, 0) is 18.4 Å². The van der Waals surface area contributed by atoms with E-state index in [0.29, 0.717) is 6.42 Å². The van der Waals surface area contributed by atoms with Crippen molar-refractivity contribution < 1.29 is 18.9 Å². The first-order valence-electron chi connectivity index (χ1n) is 5.96. The van der Waals surface area contributed by atoms with E-state index in [-0.39, 0.29) is 29.0 Å². The van der Waals surface area contributed by atoms with Crippen LogP contribution in [0.4, 0.5) is 5.82 Å². The number of rotatable bonds is 4. The molecule has 0 spiro atoms. The topological polar surface area (TPSA) is 128 Å². The van der Waals surface area contributed by atoms with E-state index in [0.717, 1.165) is 0 Å². The minimum absolute atomic E-state index is 0.0487. The molecule has 1 aliphatic heterocycles. The maximum atomic E-state index is 11.8. The Morgan fingerprint density at radius 2 is 2.35 bits per heavy atom. The molecule has 1 saturated heterocycles. The summed E-state index contributed by atoms with van der Waals surface area (Å²) in [4.78, 5) is 32.9. The van der Waals surface area contributed by atoms with Crippen molar-refractivity contribution in [3.8, 4) is 0 Å². The van der Waals surface area contributed by atoms with Crippen molar-refractivity contribution in [2.75, 3.05) is 12.3 Å². The van der Waals surface area contributed by atoms with E-state index >= 15 is 0 Å². The number of aromatic nitrogens is 2. The second-order valence-electron chi connectivity index (χ2n) is 4.69. The van der Waals surface area contributed by atoms with Gasteiger partial charge in [-0.3, -0.25) is 9.09 Å². The molecule has 1 fully saturated rings. The van der Waals surface area contributed by atoms with Gasteiger partial charge >= 0.3 is 13.5 Å². The molecule has 1 aliphatic rings. The lowest BCUT2D eigenvalue weighted by Crippen LogP contribution is -2.27. The van der Waals surface area contributed by atoms with Gasteiger partial charge in [0.15, 0.2) is 0 Å².